The van der Waals surface area contributed by atoms with Crippen molar-refractivity contribution >= 4 is 28.7 Å². The first kappa shape index (κ1) is 13.9. The van der Waals surface area contributed by atoms with Gasteiger partial charge in [-0.15, -0.1) is 11.3 Å². The Morgan fingerprint density at radius 1 is 1.38 bits per heavy atom. The molecule has 1 aliphatic rings. The second kappa shape index (κ2) is 5.77. The molecule has 1 fully saturated rings. The zero-order valence-electron chi connectivity index (χ0n) is 11.9. The Bertz CT molecular complexity index is 636. The molecule has 2 aromatic rings. The fourth-order valence-corrected chi connectivity index (χ4v) is 3.16. The van der Waals surface area contributed by atoms with Gasteiger partial charge in [0.1, 0.15) is 0 Å². The van der Waals surface area contributed by atoms with E-state index in [0.29, 0.717) is 17.3 Å². The van der Waals surface area contributed by atoms with E-state index in [1.54, 1.807) is 17.4 Å². The van der Waals surface area contributed by atoms with E-state index >= 15 is 0 Å². The molecule has 2 N–H and O–H groups in total. The Hall–Kier alpha value is -2.01. The Labute approximate surface area is 128 Å². The zero-order chi connectivity index (χ0) is 14.8. The number of carbonyl (C=O) groups is 1. The Morgan fingerprint density at radius 3 is 2.81 bits per heavy atom. The molecule has 0 aliphatic heterocycles. The van der Waals surface area contributed by atoms with Crippen molar-refractivity contribution in [2.75, 3.05) is 17.7 Å². The van der Waals surface area contributed by atoms with Crippen LogP contribution in [0.3, 0.4) is 0 Å². The number of ether oxygens (including phenoxy) is 1. The average molecular weight is 302 g/mol. The first-order valence-corrected chi connectivity index (χ1v) is 7.84. The monoisotopic (exact) mass is 302 g/mol. The van der Waals surface area contributed by atoms with Gasteiger partial charge >= 0.3 is 5.97 Å². The number of nitrogens with zero attached hydrogens (tertiary/aromatic N) is 1. The summed E-state index contributed by atoms with van der Waals surface area (Å²) < 4.78 is 4.80. The van der Waals surface area contributed by atoms with Crippen LogP contribution in [0.25, 0.3) is 0 Å². The van der Waals surface area contributed by atoms with Crippen LogP contribution in [0.15, 0.2) is 35.7 Å². The van der Waals surface area contributed by atoms with Gasteiger partial charge in [0.15, 0.2) is 0 Å². The summed E-state index contributed by atoms with van der Waals surface area (Å²) in [5, 5.41) is 2.08. The van der Waals surface area contributed by atoms with Crippen LogP contribution in [0, 0.1) is 0 Å². The van der Waals surface area contributed by atoms with Crippen LogP contribution in [0.1, 0.15) is 28.1 Å². The van der Waals surface area contributed by atoms with Gasteiger partial charge in [-0.05, 0) is 36.4 Å². The van der Waals surface area contributed by atoms with Crippen molar-refractivity contribution in [3.63, 3.8) is 0 Å². The molecule has 0 unspecified atom stereocenters. The molecule has 0 spiro atoms. The van der Waals surface area contributed by atoms with E-state index in [4.69, 9.17) is 10.5 Å². The molecule has 0 saturated heterocycles. The Balaban J connectivity index is 1.94. The summed E-state index contributed by atoms with van der Waals surface area (Å²) in [5.41, 5.74) is 8.09. The topological polar surface area (TPSA) is 55.6 Å². The highest BCUT2D eigenvalue weighted by Gasteiger charge is 2.31. The highest BCUT2D eigenvalue weighted by Crippen LogP contribution is 2.37. The van der Waals surface area contributed by atoms with E-state index < -0.39 is 0 Å². The van der Waals surface area contributed by atoms with Crippen molar-refractivity contribution in [3.8, 4) is 0 Å². The van der Waals surface area contributed by atoms with Crippen molar-refractivity contribution in [3.05, 3.63) is 46.2 Å². The highest BCUT2D eigenvalue weighted by atomic mass is 32.1. The quantitative estimate of drug-likeness (QED) is 0.680. The van der Waals surface area contributed by atoms with Crippen LogP contribution in [0.5, 0.6) is 0 Å². The standard InChI is InChI=1S/C16H18N2O2S/c1-20-16(19)13-5-2-6-14(15(13)17)18(11-7-8-11)10-12-4-3-9-21-12/h2-6,9,11H,7-8,10,17H2,1H3. The lowest BCUT2D eigenvalue weighted by molar-refractivity contribution is 0.0602. The smallest absolute Gasteiger partial charge is 0.340 e. The second-order valence-corrected chi connectivity index (χ2v) is 6.20. The number of hydrogen-bond donors (Lipinski definition) is 1. The lowest BCUT2D eigenvalue weighted by Crippen LogP contribution is -2.26. The molecule has 4 nitrogen and oxygen atoms in total. The van der Waals surface area contributed by atoms with Gasteiger partial charge in [0.05, 0.1) is 30.6 Å². The van der Waals surface area contributed by atoms with Crippen LogP contribution in [-0.4, -0.2) is 19.1 Å². The minimum atomic E-state index is -0.388. The number of carbonyl (C=O) groups excluding carboxylic acids is 1. The minimum Gasteiger partial charge on any atom is -0.465 e. The molecule has 0 atom stereocenters. The van der Waals surface area contributed by atoms with E-state index in [2.05, 4.69) is 22.4 Å². The molecule has 110 valence electrons. The maximum absolute atomic E-state index is 11.8. The molecular formula is C16H18N2O2S. The van der Waals surface area contributed by atoms with Crippen LogP contribution in [0.2, 0.25) is 0 Å². The molecule has 1 aromatic heterocycles. The summed E-state index contributed by atoms with van der Waals surface area (Å²) in [6.07, 6.45) is 2.35. The van der Waals surface area contributed by atoms with Crippen molar-refractivity contribution in [1.82, 2.24) is 0 Å². The SMILES string of the molecule is COC(=O)c1cccc(N(Cc2cccs2)C2CC2)c1N. The molecule has 1 heterocycles. The molecular weight excluding hydrogens is 284 g/mol. The summed E-state index contributed by atoms with van der Waals surface area (Å²) in [6, 6.07) is 10.2. The van der Waals surface area contributed by atoms with Crippen molar-refractivity contribution in [2.24, 2.45) is 0 Å². The largest absolute Gasteiger partial charge is 0.465 e. The minimum absolute atomic E-state index is 0.388. The van der Waals surface area contributed by atoms with Crippen LogP contribution >= 0.6 is 11.3 Å². The number of anilines is 2. The van der Waals surface area contributed by atoms with Crippen molar-refractivity contribution in [2.45, 2.75) is 25.4 Å². The normalized spacial score (nSPS) is 14.0. The number of benzene rings is 1. The van der Waals surface area contributed by atoms with Crippen molar-refractivity contribution in [1.29, 1.82) is 0 Å². The number of esters is 1. The molecule has 1 aromatic carbocycles. The van der Waals surface area contributed by atoms with E-state index in [-0.39, 0.29) is 5.97 Å². The molecule has 5 heteroatoms. The summed E-state index contributed by atoms with van der Waals surface area (Å²) in [6.45, 7) is 0.831. The fourth-order valence-electron chi connectivity index (χ4n) is 2.46. The van der Waals surface area contributed by atoms with Crippen molar-refractivity contribution < 1.29 is 9.53 Å². The number of hydrogen-bond acceptors (Lipinski definition) is 5. The van der Waals surface area contributed by atoms with Gasteiger partial charge in [0.2, 0.25) is 0 Å². The van der Waals surface area contributed by atoms with Gasteiger partial charge in [-0.2, -0.15) is 0 Å². The van der Waals surface area contributed by atoms with Crippen LogP contribution in [-0.2, 0) is 11.3 Å². The zero-order valence-corrected chi connectivity index (χ0v) is 12.7. The molecule has 0 amide bonds. The third-order valence-electron chi connectivity index (χ3n) is 3.69. The number of para-hydroxylation sites is 1. The van der Waals surface area contributed by atoms with Gasteiger partial charge in [-0.25, -0.2) is 4.79 Å². The van der Waals surface area contributed by atoms with Crippen LogP contribution in [0.4, 0.5) is 11.4 Å². The third-order valence-corrected chi connectivity index (χ3v) is 4.55. The van der Waals surface area contributed by atoms with Gasteiger partial charge in [0.25, 0.3) is 0 Å². The molecule has 0 radical (unpaired) electrons. The molecule has 3 rings (SSSR count). The van der Waals surface area contributed by atoms with E-state index in [9.17, 15) is 4.79 Å². The molecule has 21 heavy (non-hydrogen) atoms. The highest BCUT2D eigenvalue weighted by molar-refractivity contribution is 7.09. The lowest BCUT2D eigenvalue weighted by atomic mass is 10.1. The summed E-state index contributed by atoms with van der Waals surface area (Å²) >= 11 is 1.74. The predicted octanol–water partition coefficient (Wildman–Crippen LogP) is 3.29. The second-order valence-electron chi connectivity index (χ2n) is 5.17. The summed E-state index contributed by atoms with van der Waals surface area (Å²) in [5.74, 6) is -0.388. The van der Waals surface area contributed by atoms with E-state index in [1.807, 2.05) is 12.1 Å². The van der Waals surface area contributed by atoms with Crippen LogP contribution < -0.4 is 10.6 Å². The molecule has 0 bridgehead atoms. The number of methoxy groups -OCH3 is 1. The number of nitrogens with two attached hydrogens (primary N) is 1. The average Bonchev–Trinajstić information content (AvgIpc) is 3.21. The first-order valence-electron chi connectivity index (χ1n) is 6.96. The van der Waals surface area contributed by atoms with Gasteiger partial charge < -0.3 is 15.4 Å². The summed E-state index contributed by atoms with van der Waals surface area (Å²) in [4.78, 5) is 15.4. The van der Waals surface area contributed by atoms with Gasteiger partial charge in [-0.3, -0.25) is 0 Å². The fraction of sp³-hybridized carbons (Fsp3) is 0.312. The molecule has 1 aliphatic carbocycles. The molecule has 1 saturated carbocycles. The Kier molecular flexibility index (Phi) is 3.84. The number of nitrogen functional groups attached to an aromatic ring is 1. The first-order chi connectivity index (χ1) is 10.2. The predicted molar refractivity (Wildman–Crippen MR) is 85.7 cm³/mol. The van der Waals surface area contributed by atoms with E-state index in [0.717, 1.165) is 12.2 Å². The summed E-state index contributed by atoms with van der Waals surface area (Å²) in [7, 11) is 1.37. The maximum Gasteiger partial charge on any atom is 0.340 e. The van der Waals surface area contributed by atoms with Gasteiger partial charge in [-0.1, -0.05) is 12.1 Å². The van der Waals surface area contributed by atoms with Gasteiger partial charge in [0, 0.05) is 10.9 Å². The number of rotatable bonds is 5. The maximum atomic E-state index is 11.8. The van der Waals surface area contributed by atoms with E-state index in [1.165, 1.54) is 24.8 Å². The third kappa shape index (κ3) is 2.88. The number of thiophene rings is 1. The lowest BCUT2D eigenvalue weighted by Gasteiger charge is -2.26. The Morgan fingerprint density at radius 2 is 2.19 bits per heavy atom.